The second-order valence-corrected chi connectivity index (χ2v) is 4.52. The molecule has 100 valence electrons. The summed E-state index contributed by atoms with van der Waals surface area (Å²) in [5, 5.41) is 9.95. The van der Waals surface area contributed by atoms with Gasteiger partial charge in [-0.25, -0.2) is 0 Å². The molecule has 0 bridgehead atoms. The molecule has 5 heteroatoms. The van der Waals surface area contributed by atoms with E-state index in [9.17, 15) is 9.90 Å². The second-order valence-electron chi connectivity index (χ2n) is 4.12. The molecule has 0 aliphatic heterocycles. The van der Waals surface area contributed by atoms with Gasteiger partial charge in [0.2, 0.25) is 0 Å². The molecule has 18 heavy (non-hydrogen) atoms. The highest BCUT2D eigenvalue weighted by Crippen LogP contribution is 2.24. The first-order chi connectivity index (χ1) is 8.54. The summed E-state index contributed by atoms with van der Waals surface area (Å²) in [5.74, 6) is 0.362. The van der Waals surface area contributed by atoms with E-state index in [1.54, 1.807) is 18.2 Å². The smallest absolute Gasteiger partial charge is 0.155 e. The first kappa shape index (κ1) is 15.0. The Hall–Kier alpha value is -1.10. The van der Waals surface area contributed by atoms with Crippen molar-refractivity contribution in [2.45, 2.75) is 26.1 Å². The molecule has 0 fully saturated rings. The molecule has 1 aromatic rings. The van der Waals surface area contributed by atoms with E-state index >= 15 is 0 Å². The zero-order chi connectivity index (χ0) is 13.5. The van der Waals surface area contributed by atoms with E-state index in [4.69, 9.17) is 21.1 Å². The highest BCUT2D eigenvalue weighted by molar-refractivity contribution is 6.33. The fraction of sp³-hybridized carbons (Fsp3) is 0.462. The molecule has 0 saturated carbocycles. The molecule has 4 nitrogen and oxygen atoms in total. The predicted molar refractivity (Wildman–Crippen MR) is 69.4 cm³/mol. The molecule has 0 heterocycles. The van der Waals surface area contributed by atoms with Crippen molar-refractivity contribution in [3.63, 3.8) is 0 Å². The van der Waals surface area contributed by atoms with E-state index in [1.807, 2.05) is 13.8 Å². The number of benzene rings is 1. The van der Waals surface area contributed by atoms with Crippen molar-refractivity contribution in [2.24, 2.45) is 0 Å². The molecular weight excluding hydrogens is 256 g/mol. The highest BCUT2D eigenvalue weighted by atomic mass is 35.5. The first-order valence-corrected chi connectivity index (χ1v) is 6.08. The van der Waals surface area contributed by atoms with Gasteiger partial charge in [0, 0.05) is 0 Å². The Kier molecular flexibility index (Phi) is 6.12. The van der Waals surface area contributed by atoms with Gasteiger partial charge in [0.05, 0.1) is 23.3 Å². The average Bonchev–Trinajstić information content (AvgIpc) is 2.33. The molecule has 1 N–H and O–H groups in total. The van der Waals surface area contributed by atoms with Crippen molar-refractivity contribution in [1.29, 1.82) is 0 Å². The molecule has 0 aliphatic carbocycles. The highest BCUT2D eigenvalue weighted by Gasteiger charge is 2.11. The molecule has 0 saturated heterocycles. The van der Waals surface area contributed by atoms with Crippen LogP contribution in [0, 0.1) is 0 Å². The van der Waals surface area contributed by atoms with Crippen molar-refractivity contribution >= 4 is 17.9 Å². The third kappa shape index (κ3) is 4.64. The van der Waals surface area contributed by atoms with Crippen LogP contribution in [0.2, 0.25) is 5.02 Å². The number of rotatable bonds is 7. The van der Waals surface area contributed by atoms with Crippen LogP contribution in [0.15, 0.2) is 18.2 Å². The van der Waals surface area contributed by atoms with E-state index in [-0.39, 0.29) is 24.9 Å². The lowest BCUT2D eigenvalue weighted by Gasteiger charge is -2.15. The Bertz CT molecular complexity index is 393. The van der Waals surface area contributed by atoms with Gasteiger partial charge < -0.3 is 14.6 Å². The summed E-state index contributed by atoms with van der Waals surface area (Å²) in [7, 11) is 0. The molecule has 1 atom stereocenters. The minimum absolute atomic E-state index is 0.0495. The number of hydrogen-bond donors (Lipinski definition) is 1. The number of aldehydes is 1. The number of ether oxygens (including phenoxy) is 2. The summed E-state index contributed by atoms with van der Waals surface area (Å²) in [6.45, 7) is 4.01. The molecule has 1 aromatic carbocycles. The summed E-state index contributed by atoms with van der Waals surface area (Å²) in [4.78, 5) is 10.9. The van der Waals surface area contributed by atoms with Gasteiger partial charge in [0.15, 0.2) is 6.29 Å². The number of carbonyl (C=O) groups is 1. The van der Waals surface area contributed by atoms with Crippen molar-refractivity contribution in [1.82, 2.24) is 0 Å². The van der Waals surface area contributed by atoms with E-state index in [0.29, 0.717) is 17.1 Å². The summed E-state index contributed by atoms with van der Waals surface area (Å²) in [6, 6.07) is 4.92. The molecule has 1 unspecified atom stereocenters. The second kappa shape index (κ2) is 7.36. The maximum absolute atomic E-state index is 10.9. The van der Waals surface area contributed by atoms with Crippen LogP contribution >= 0.6 is 11.6 Å². The number of carbonyl (C=O) groups excluding carboxylic acids is 1. The SMILES string of the molecule is CC(C)OCC(O)COc1cccc(Cl)c1C=O. The molecule has 0 radical (unpaired) electrons. The number of hydrogen-bond acceptors (Lipinski definition) is 4. The van der Waals surface area contributed by atoms with Gasteiger partial charge in [0.1, 0.15) is 18.5 Å². The van der Waals surface area contributed by atoms with Crippen molar-refractivity contribution in [3.05, 3.63) is 28.8 Å². The number of aliphatic hydroxyl groups is 1. The van der Waals surface area contributed by atoms with E-state index in [2.05, 4.69) is 0 Å². The third-order valence-corrected chi connectivity index (χ3v) is 2.51. The van der Waals surface area contributed by atoms with E-state index in [0.717, 1.165) is 0 Å². The molecule has 0 spiro atoms. The zero-order valence-corrected chi connectivity index (χ0v) is 11.2. The minimum atomic E-state index is -0.745. The topological polar surface area (TPSA) is 55.8 Å². The summed E-state index contributed by atoms with van der Waals surface area (Å²) in [6.07, 6.45) is -0.0588. The Morgan fingerprint density at radius 3 is 2.72 bits per heavy atom. The van der Waals surface area contributed by atoms with Gasteiger partial charge >= 0.3 is 0 Å². The fourth-order valence-electron chi connectivity index (χ4n) is 1.30. The van der Waals surface area contributed by atoms with E-state index in [1.165, 1.54) is 0 Å². The molecular formula is C13H17ClO4. The van der Waals surface area contributed by atoms with Crippen molar-refractivity contribution in [2.75, 3.05) is 13.2 Å². The van der Waals surface area contributed by atoms with Crippen LogP contribution in [-0.2, 0) is 4.74 Å². The zero-order valence-electron chi connectivity index (χ0n) is 10.4. The summed E-state index contributed by atoms with van der Waals surface area (Å²) in [5.41, 5.74) is 0.288. The summed E-state index contributed by atoms with van der Waals surface area (Å²) < 4.78 is 10.6. The monoisotopic (exact) mass is 272 g/mol. The Morgan fingerprint density at radius 1 is 1.39 bits per heavy atom. The fourth-order valence-corrected chi connectivity index (χ4v) is 1.51. The van der Waals surface area contributed by atoms with E-state index < -0.39 is 6.10 Å². The van der Waals surface area contributed by atoms with Crippen LogP contribution in [0.3, 0.4) is 0 Å². The maximum atomic E-state index is 10.9. The van der Waals surface area contributed by atoms with Gasteiger partial charge in [0.25, 0.3) is 0 Å². The first-order valence-electron chi connectivity index (χ1n) is 5.70. The Balaban J connectivity index is 2.53. The van der Waals surface area contributed by atoms with Gasteiger partial charge in [-0.2, -0.15) is 0 Å². The summed E-state index contributed by atoms with van der Waals surface area (Å²) >= 11 is 5.85. The van der Waals surface area contributed by atoms with Crippen LogP contribution in [0.4, 0.5) is 0 Å². The van der Waals surface area contributed by atoms with Crippen molar-refractivity contribution in [3.8, 4) is 5.75 Å². The molecule has 0 amide bonds. The quantitative estimate of drug-likeness (QED) is 0.774. The van der Waals surface area contributed by atoms with Crippen molar-refractivity contribution < 1.29 is 19.4 Å². The van der Waals surface area contributed by atoms with Crippen LogP contribution in [0.25, 0.3) is 0 Å². The average molecular weight is 273 g/mol. The molecule has 0 aliphatic rings. The van der Waals surface area contributed by atoms with Gasteiger partial charge in [-0.3, -0.25) is 4.79 Å². The third-order valence-electron chi connectivity index (χ3n) is 2.18. The lowest BCUT2D eigenvalue weighted by Crippen LogP contribution is -2.25. The number of halogens is 1. The maximum Gasteiger partial charge on any atom is 0.155 e. The Morgan fingerprint density at radius 2 is 2.11 bits per heavy atom. The standard InChI is InChI=1S/C13H17ClO4/c1-9(2)17-7-10(16)8-18-13-5-3-4-12(14)11(13)6-15/h3-6,9-10,16H,7-8H2,1-2H3. The normalized spacial score (nSPS) is 12.5. The van der Waals surface area contributed by atoms with Crippen LogP contribution < -0.4 is 4.74 Å². The number of aliphatic hydroxyl groups excluding tert-OH is 1. The lowest BCUT2D eigenvalue weighted by atomic mass is 10.2. The largest absolute Gasteiger partial charge is 0.490 e. The van der Waals surface area contributed by atoms with Crippen LogP contribution in [-0.4, -0.2) is 36.8 Å². The Labute approximate surface area is 111 Å². The molecule has 1 rings (SSSR count). The lowest BCUT2D eigenvalue weighted by molar-refractivity contribution is -0.0123. The van der Waals surface area contributed by atoms with Gasteiger partial charge in [-0.05, 0) is 26.0 Å². The van der Waals surface area contributed by atoms with Gasteiger partial charge in [-0.15, -0.1) is 0 Å². The predicted octanol–water partition coefficient (Wildman–Crippen LogP) is 2.32. The van der Waals surface area contributed by atoms with Crippen LogP contribution in [0.5, 0.6) is 5.75 Å². The van der Waals surface area contributed by atoms with Crippen LogP contribution in [0.1, 0.15) is 24.2 Å². The minimum Gasteiger partial charge on any atom is -0.490 e. The van der Waals surface area contributed by atoms with Gasteiger partial charge in [-0.1, -0.05) is 17.7 Å². The molecule has 0 aromatic heterocycles.